The lowest BCUT2D eigenvalue weighted by molar-refractivity contribution is 0.146. The molecule has 0 aliphatic heterocycles. The van der Waals surface area contributed by atoms with Crippen LogP contribution in [0.25, 0.3) is 11.3 Å². The lowest BCUT2D eigenvalue weighted by Crippen LogP contribution is -2.06. The van der Waals surface area contributed by atoms with Crippen molar-refractivity contribution in [2.75, 3.05) is 11.9 Å². The molecule has 0 saturated carbocycles. The van der Waals surface area contributed by atoms with Gasteiger partial charge in [-0.05, 0) is 30.3 Å². The van der Waals surface area contributed by atoms with Crippen LogP contribution in [-0.2, 0) is 0 Å². The summed E-state index contributed by atoms with van der Waals surface area (Å²) >= 11 is 0. The molecule has 0 atom stereocenters. The van der Waals surface area contributed by atoms with Crippen LogP contribution in [0.2, 0.25) is 0 Å². The molecule has 0 spiro atoms. The molecular weight excluding hydrogens is 267 g/mol. The van der Waals surface area contributed by atoms with Gasteiger partial charge >= 0.3 is 0 Å². The molecule has 1 aromatic heterocycles. The van der Waals surface area contributed by atoms with E-state index in [2.05, 4.69) is 21.9 Å². The first kappa shape index (κ1) is 14.0. The van der Waals surface area contributed by atoms with E-state index in [1.165, 1.54) is 30.3 Å². The van der Waals surface area contributed by atoms with E-state index in [9.17, 15) is 13.2 Å². The van der Waals surface area contributed by atoms with Crippen molar-refractivity contribution >= 4 is 5.95 Å². The lowest BCUT2D eigenvalue weighted by Gasteiger charge is -2.08. The minimum atomic E-state index is -2.71. The fourth-order valence-corrected chi connectivity index (χ4v) is 1.59. The Morgan fingerprint density at radius 1 is 1.20 bits per heavy atom. The van der Waals surface area contributed by atoms with E-state index >= 15 is 0 Å². The molecule has 2 aromatic rings. The van der Waals surface area contributed by atoms with Crippen LogP contribution in [0.5, 0.6) is 0 Å². The average molecular weight is 279 g/mol. The Hall–Kier alpha value is -2.37. The van der Waals surface area contributed by atoms with Crippen molar-refractivity contribution in [3.05, 3.63) is 54.5 Å². The van der Waals surface area contributed by atoms with Crippen LogP contribution in [0.3, 0.4) is 0 Å². The number of nitrogens with one attached hydrogen (secondary N) is 1. The zero-order valence-corrected chi connectivity index (χ0v) is 10.5. The van der Waals surface area contributed by atoms with Crippen LogP contribution in [0, 0.1) is 5.82 Å². The van der Waals surface area contributed by atoms with E-state index in [1.54, 1.807) is 6.08 Å². The van der Waals surface area contributed by atoms with E-state index < -0.39 is 12.2 Å². The topological polar surface area (TPSA) is 37.8 Å². The Labute approximate surface area is 114 Å². The minimum absolute atomic E-state index is 0.0852. The molecule has 2 rings (SSSR count). The summed E-state index contributed by atoms with van der Waals surface area (Å²) in [7, 11) is 0. The van der Waals surface area contributed by atoms with Crippen LogP contribution in [0.4, 0.5) is 19.1 Å². The molecule has 0 unspecified atom stereocenters. The van der Waals surface area contributed by atoms with Gasteiger partial charge in [-0.25, -0.2) is 23.1 Å². The van der Waals surface area contributed by atoms with Gasteiger partial charge in [-0.3, -0.25) is 0 Å². The molecule has 0 radical (unpaired) electrons. The maximum Gasteiger partial charge on any atom is 0.280 e. The molecule has 0 amide bonds. The van der Waals surface area contributed by atoms with Gasteiger partial charge in [-0.2, -0.15) is 0 Å². The Bertz CT molecular complexity index is 597. The number of aromatic nitrogens is 2. The maximum absolute atomic E-state index is 12.9. The molecule has 0 bridgehead atoms. The van der Waals surface area contributed by atoms with Crippen LogP contribution < -0.4 is 5.32 Å². The van der Waals surface area contributed by atoms with Crippen molar-refractivity contribution in [2.45, 2.75) is 6.43 Å². The summed E-state index contributed by atoms with van der Waals surface area (Å²) in [5, 5.41) is 2.76. The Morgan fingerprint density at radius 2 is 1.90 bits per heavy atom. The Balaban J connectivity index is 2.42. The van der Waals surface area contributed by atoms with E-state index in [0.29, 0.717) is 17.8 Å². The van der Waals surface area contributed by atoms with E-state index in [1.807, 2.05) is 0 Å². The summed E-state index contributed by atoms with van der Waals surface area (Å²) in [6.07, 6.45) is -1.14. The molecule has 0 fully saturated rings. The Morgan fingerprint density at radius 3 is 2.50 bits per heavy atom. The number of hydrogen-bond donors (Lipinski definition) is 1. The average Bonchev–Trinajstić information content (AvgIpc) is 2.45. The predicted octanol–water partition coefficient (Wildman–Crippen LogP) is 3.82. The summed E-state index contributed by atoms with van der Waals surface area (Å²) < 4.78 is 38.5. The van der Waals surface area contributed by atoms with Crippen LogP contribution in [0.15, 0.2) is 43.0 Å². The normalized spacial score (nSPS) is 10.6. The third-order valence-corrected chi connectivity index (χ3v) is 2.51. The van der Waals surface area contributed by atoms with Gasteiger partial charge in [0.2, 0.25) is 5.95 Å². The second-order valence-electron chi connectivity index (χ2n) is 3.98. The fourth-order valence-electron chi connectivity index (χ4n) is 1.59. The summed E-state index contributed by atoms with van der Waals surface area (Å²) in [5.74, 6) is -0.316. The fraction of sp³-hybridized carbons (Fsp3) is 0.143. The lowest BCUT2D eigenvalue weighted by atomic mass is 10.1. The van der Waals surface area contributed by atoms with Crippen LogP contribution in [-0.4, -0.2) is 16.5 Å². The number of benzene rings is 1. The van der Waals surface area contributed by atoms with Gasteiger partial charge in [-0.15, -0.1) is 6.58 Å². The van der Waals surface area contributed by atoms with E-state index in [4.69, 9.17) is 0 Å². The van der Waals surface area contributed by atoms with Crippen molar-refractivity contribution in [2.24, 2.45) is 0 Å². The van der Waals surface area contributed by atoms with Gasteiger partial charge in [0, 0.05) is 12.1 Å². The molecular formula is C14H12F3N3. The number of rotatable bonds is 5. The third-order valence-electron chi connectivity index (χ3n) is 2.51. The molecule has 20 heavy (non-hydrogen) atoms. The zero-order valence-electron chi connectivity index (χ0n) is 10.5. The number of nitrogens with zero attached hydrogens (tertiary/aromatic N) is 2. The number of alkyl halides is 2. The largest absolute Gasteiger partial charge is 0.351 e. The van der Waals surface area contributed by atoms with Gasteiger partial charge in [0.15, 0.2) is 0 Å². The molecule has 1 heterocycles. The number of hydrogen-bond acceptors (Lipinski definition) is 3. The summed E-state index contributed by atoms with van der Waals surface area (Å²) in [6.45, 7) is 3.87. The standard InChI is InChI=1S/C14H12F3N3/c1-2-7-18-14-19-11(8-12(20-14)13(16)17)9-3-5-10(15)6-4-9/h2-6,8,13H,1,7H2,(H,18,19,20). The molecule has 3 nitrogen and oxygen atoms in total. The first-order valence-corrected chi connectivity index (χ1v) is 5.88. The highest BCUT2D eigenvalue weighted by Gasteiger charge is 2.13. The Kier molecular flexibility index (Phi) is 4.34. The van der Waals surface area contributed by atoms with Crippen molar-refractivity contribution < 1.29 is 13.2 Å². The van der Waals surface area contributed by atoms with Crippen molar-refractivity contribution in [3.63, 3.8) is 0 Å². The predicted molar refractivity (Wildman–Crippen MR) is 71.1 cm³/mol. The first-order valence-electron chi connectivity index (χ1n) is 5.88. The van der Waals surface area contributed by atoms with Gasteiger partial charge in [0.25, 0.3) is 6.43 Å². The van der Waals surface area contributed by atoms with Gasteiger partial charge in [0.05, 0.1) is 5.69 Å². The second-order valence-corrected chi connectivity index (χ2v) is 3.98. The molecule has 1 N–H and O–H groups in total. The third kappa shape index (κ3) is 3.34. The van der Waals surface area contributed by atoms with Gasteiger partial charge in [-0.1, -0.05) is 6.08 Å². The van der Waals surface area contributed by atoms with E-state index in [0.717, 1.165) is 0 Å². The van der Waals surface area contributed by atoms with Crippen molar-refractivity contribution in [1.82, 2.24) is 9.97 Å². The first-order chi connectivity index (χ1) is 9.60. The quantitative estimate of drug-likeness (QED) is 0.845. The van der Waals surface area contributed by atoms with Crippen molar-refractivity contribution in [1.29, 1.82) is 0 Å². The van der Waals surface area contributed by atoms with Crippen molar-refractivity contribution in [3.8, 4) is 11.3 Å². The van der Waals surface area contributed by atoms with Crippen LogP contribution in [0.1, 0.15) is 12.1 Å². The monoisotopic (exact) mass is 279 g/mol. The SMILES string of the molecule is C=CCNc1nc(-c2ccc(F)cc2)cc(C(F)F)n1. The summed E-state index contributed by atoms with van der Waals surface area (Å²) in [4.78, 5) is 7.85. The molecule has 0 saturated heterocycles. The molecule has 0 aliphatic rings. The molecule has 1 aromatic carbocycles. The number of anilines is 1. The highest BCUT2D eigenvalue weighted by atomic mass is 19.3. The second kappa shape index (κ2) is 6.18. The van der Waals surface area contributed by atoms with Gasteiger partial charge < -0.3 is 5.32 Å². The molecule has 0 aliphatic carbocycles. The highest BCUT2D eigenvalue weighted by Crippen LogP contribution is 2.24. The zero-order chi connectivity index (χ0) is 14.5. The van der Waals surface area contributed by atoms with Crippen LogP contribution >= 0.6 is 0 Å². The summed E-state index contributed by atoms with van der Waals surface area (Å²) in [5.41, 5.74) is 0.463. The molecule has 104 valence electrons. The maximum atomic E-state index is 12.9. The van der Waals surface area contributed by atoms with Gasteiger partial charge in [0.1, 0.15) is 11.5 Å². The highest BCUT2D eigenvalue weighted by molar-refractivity contribution is 5.60. The summed E-state index contributed by atoms with van der Waals surface area (Å²) in [6, 6.07) is 6.64. The van der Waals surface area contributed by atoms with E-state index in [-0.39, 0.29) is 11.6 Å². The number of halogens is 3. The smallest absolute Gasteiger partial charge is 0.280 e. The minimum Gasteiger partial charge on any atom is -0.351 e. The molecule has 6 heteroatoms.